The molecule has 0 radical (unpaired) electrons. The Morgan fingerprint density at radius 2 is 2.09 bits per heavy atom. The lowest BCUT2D eigenvalue weighted by molar-refractivity contribution is 0.102. The van der Waals surface area contributed by atoms with Gasteiger partial charge in [-0.1, -0.05) is 24.3 Å². The molecule has 3 aromatic rings. The van der Waals surface area contributed by atoms with Gasteiger partial charge in [0, 0.05) is 16.6 Å². The molecule has 0 aliphatic rings. The topological polar surface area (TPSA) is 51.2 Å². The van der Waals surface area contributed by atoms with Crippen molar-refractivity contribution in [3.8, 4) is 5.75 Å². The van der Waals surface area contributed by atoms with E-state index in [0.717, 1.165) is 16.9 Å². The monoisotopic (exact) mass is 324 g/mol. The van der Waals surface area contributed by atoms with Crippen molar-refractivity contribution in [2.45, 2.75) is 13.5 Å². The zero-order valence-electron chi connectivity index (χ0n) is 12.7. The van der Waals surface area contributed by atoms with Crippen molar-refractivity contribution in [2.24, 2.45) is 0 Å². The molecule has 4 nitrogen and oxygen atoms in total. The summed E-state index contributed by atoms with van der Waals surface area (Å²) in [6.07, 6.45) is 0. The van der Waals surface area contributed by atoms with E-state index in [-0.39, 0.29) is 5.91 Å². The lowest BCUT2D eigenvalue weighted by atomic mass is 10.1. The minimum absolute atomic E-state index is 0.154. The quantitative estimate of drug-likeness (QED) is 0.762. The van der Waals surface area contributed by atoms with Gasteiger partial charge in [0.15, 0.2) is 0 Å². The predicted octanol–water partition coefficient (Wildman–Crippen LogP) is 4.28. The number of carbonyl (C=O) groups is 1. The van der Waals surface area contributed by atoms with Crippen LogP contribution in [0.1, 0.15) is 21.6 Å². The third-order valence-corrected chi connectivity index (χ3v) is 3.99. The molecule has 0 spiro atoms. The standard InChI is InChI=1S/C18H16N2O2S/c1-13-5-2-3-8-17(13)20-18(21)14-6-4-7-16(9-14)22-10-15-11-23-12-19-15/h2-9,11-12H,10H2,1H3,(H,20,21). The number of amides is 1. The van der Waals surface area contributed by atoms with Crippen LogP contribution in [-0.4, -0.2) is 10.9 Å². The summed E-state index contributed by atoms with van der Waals surface area (Å²) in [6, 6.07) is 14.8. The Hall–Kier alpha value is -2.66. The van der Waals surface area contributed by atoms with Gasteiger partial charge in [-0.05, 0) is 36.8 Å². The van der Waals surface area contributed by atoms with Crippen LogP contribution in [-0.2, 0) is 6.61 Å². The number of carbonyl (C=O) groups excluding carboxylic acids is 1. The van der Waals surface area contributed by atoms with Gasteiger partial charge in [-0.3, -0.25) is 4.79 Å². The average Bonchev–Trinajstić information content (AvgIpc) is 3.09. The van der Waals surface area contributed by atoms with Crippen molar-refractivity contribution < 1.29 is 9.53 Å². The summed E-state index contributed by atoms with van der Waals surface area (Å²) in [5.41, 5.74) is 5.04. The van der Waals surface area contributed by atoms with Crippen LogP contribution in [0.2, 0.25) is 0 Å². The second kappa shape index (κ2) is 7.07. The summed E-state index contributed by atoms with van der Waals surface area (Å²) in [7, 11) is 0. The molecule has 0 saturated carbocycles. The summed E-state index contributed by atoms with van der Waals surface area (Å²) >= 11 is 1.53. The Kier molecular flexibility index (Phi) is 4.68. The number of ether oxygens (including phenoxy) is 1. The van der Waals surface area contributed by atoms with Crippen LogP contribution in [0, 0.1) is 6.92 Å². The van der Waals surface area contributed by atoms with Crippen molar-refractivity contribution >= 4 is 22.9 Å². The van der Waals surface area contributed by atoms with Gasteiger partial charge in [-0.25, -0.2) is 4.98 Å². The third kappa shape index (κ3) is 3.96. The summed E-state index contributed by atoms with van der Waals surface area (Å²) in [5, 5.41) is 4.86. The maximum Gasteiger partial charge on any atom is 0.255 e. The fraction of sp³-hybridized carbons (Fsp3) is 0.111. The first-order chi connectivity index (χ1) is 11.2. The number of hydrogen-bond donors (Lipinski definition) is 1. The van der Waals surface area contributed by atoms with Gasteiger partial charge in [-0.15, -0.1) is 11.3 Å². The molecule has 0 aliphatic heterocycles. The summed E-state index contributed by atoms with van der Waals surface area (Å²) in [4.78, 5) is 16.5. The Labute approximate surface area is 138 Å². The Balaban J connectivity index is 1.69. The van der Waals surface area contributed by atoms with Gasteiger partial charge in [0.05, 0.1) is 11.2 Å². The Morgan fingerprint density at radius 1 is 1.22 bits per heavy atom. The fourth-order valence-electron chi connectivity index (χ4n) is 2.10. The zero-order chi connectivity index (χ0) is 16.1. The molecule has 23 heavy (non-hydrogen) atoms. The Bertz CT molecular complexity index is 800. The molecule has 2 aromatic carbocycles. The van der Waals surface area contributed by atoms with Gasteiger partial charge in [0.2, 0.25) is 0 Å². The lowest BCUT2D eigenvalue weighted by Crippen LogP contribution is -2.12. The highest BCUT2D eigenvalue weighted by Gasteiger charge is 2.09. The number of nitrogens with zero attached hydrogens (tertiary/aromatic N) is 1. The van der Waals surface area contributed by atoms with Crippen molar-refractivity contribution in [3.05, 3.63) is 76.2 Å². The van der Waals surface area contributed by atoms with E-state index in [1.54, 1.807) is 17.6 Å². The summed E-state index contributed by atoms with van der Waals surface area (Å²) in [5.74, 6) is 0.494. The molecule has 3 rings (SSSR count). The molecule has 0 aliphatic carbocycles. The second-order valence-electron chi connectivity index (χ2n) is 5.07. The molecular weight excluding hydrogens is 308 g/mol. The molecule has 0 saturated heterocycles. The van der Waals surface area contributed by atoms with Gasteiger partial charge in [0.1, 0.15) is 12.4 Å². The molecular formula is C18H16N2O2S. The van der Waals surface area contributed by atoms with E-state index >= 15 is 0 Å². The highest BCUT2D eigenvalue weighted by molar-refractivity contribution is 7.07. The number of anilines is 1. The number of nitrogens with one attached hydrogen (secondary N) is 1. The van der Waals surface area contributed by atoms with Crippen LogP contribution >= 0.6 is 11.3 Å². The van der Waals surface area contributed by atoms with E-state index in [2.05, 4.69) is 10.3 Å². The van der Waals surface area contributed by atoms with E-state index in [4.69, 9.17) is 4.74 Å². The van der Waals surface area contributed by atoms with Gasteiger partial charge in [-0.2, -0.15) is 0 Å². The van der Waals surface area contributed by atoms with E-state index in [1.165, 1.54) is 11.3 Å². The normalized spacial score (nSPS) is 10.3. The second-order valence-corrected chi connectivity index (χ2v) is 5.78. The fourth-order valence-corrected chi connectivity index (χ4v) is 2.64. The minimum Gasteiger partial charge on any atom is -0.487 e. The average molecular weight is 324 g/mol. The van der Waals surface area contributed by atoms with Crippen molar-refractivity contribution in [3.63, 3.8) is 0 Å². The number of benzene rings is 2. The molecule has 1 amide bonds. The number of thiazole rings is 1. The van der Waals surface area contributed by atoms with Crippen LogP contribution in [0.5, 0.6) is 5.75 Å². The van der Waals surface area contributed by atoms with Crippen LogP contribution in [0.25, 0.3) is 0 Å². The number of para-hydroxylation sites is 1. The van der Waals surface area contributed by atoms with Crippen molar-refractivity contribution in [1.29, 1.82) is 0 Å². The van der Waals surface area contributed by atoms with Crippen LogP contribution in [0.15, 0.2) is 59.4 Å². The van der Waals surface area contributed by atoms with Gasteiger partial charge in [0.25, 0.3) is 5.91 Å². The van der Waals surface area contributed by atoms with Crippen LogP contribution < -0.4 is 10.1 Å². The molecule has 0 fully saturated rings. The maximum absolute atomic E-state index is 12.4. The smallest absolute Gasteiger partial charge is 0.255 e. The first-order valence-electron chi connectivity index (χ1n) is 7.19. The van der Waals surface area contributed by atoms with E-state index in [9.17, 15) is 4.79 Å². The zero-order valence-corrected chi connectivity index (χ0v) is 13.5. The van der Waals surface area contributed by atoms with Crippen molar-refractivity contribution in [1.82, 2.24) is 4.98 Å². The number of aromatic nitrogens is 1. The van der Waals surface area contributed by atoms with E-state index in [1.807, 2.05) is 48.7 Å². The lowest BCUT2D eigenvalue weighted by Gasteiger charge is -2.09. The van der Waals surface area contributed by atoms with Gasteiger partial charge < -0.3 is 10.1 Å². The maximum atomic E-state index is 12.4. The number of aryl methyl sites for hydroxylation is 1. The van der Waals surface area contributed by atoms with Crippen LogP contribution in [0.4, 0.5) is 5.69 Å². The minimum atomic E-state index is -0.154. The van der Waals surface area contributed by atoms with E-state index in [0.29, 0.717) is 17.9 Å². The van der Waals surface area contributed by atoms with Crippen molar-refractivity contribution in [2.75, 3.05) is 5.32 Å². The largest absolute Gasteiger partial charge is 0.487 e. The summed E-state index contributed by atoms with van der Waals surface area (Å²) in [6.45, 7) is 2.36. The predicted molar refractivity (Wildman–Crippen MR) is 92.0 cm³/mol. The summed E-state index contributed by atoms with van der Waals surface area (Å²) < 4.78 is 5.68. The highest BCUT2D eigenvalue weighted by Crippen LogP contribution is 2.18. The first-order valence-corrected chi connectivity index (χ1v) is 8.13. The first kappa shape index (κ1) is 15.2. The molecule has 0 bridgehead atoms. The molecule has 5 heteroatoms. The number of hydrogen-bond acceptors (Lipinski definition) is 4. The molecule has 0 atom stereocenters. The van der Waals surface area contributed by atoms with Gasteiger partial charge >= 0.3 is 0 Å². The molecule has 1 aromatic heterocycles. The highest BCUT2D eigenvalue weighted by atomic mass is 32.1. The SMILES string of the molecule is Cc1ccccc1NC(=O)c1cccc(OCc2cscn2)c1. The van der Waals surface area contributed by atoms with Crippen LogP contribution in [0.3, 0.4) is 0 Å². The Morgan fingerprint density at radius 3 is 2.87 bits per heavy atom. The van der Waals surface area contributed by atoms with E-state index < -0.39 is 0 Å². The molecule has 1 heterocycles. The number of rotatable bonds is 5. The molecule has 0 unspecified atom stereocenters. The molecule has 1 N–H and O–H groups in total. The third-order valence-electron chi connectivity index (χ3n) is 3.36. The molecule has 116 valence electrons.